The number of rotatable bonds is 6. The van der Waals surface area contributed by atoms with Crippen LogP contribution in [0.2, 0.25) is 0 Å². The zero-order valence-corrected chi connectivity index (χ0v) is 17.1. The molecular weight excluding hydrogens is 402 g/mol. The number of carbonyl (C=O) groups excluding carboxylic acids is 1. The molecule has 0 saturated carbocycles. The maximum Gasteiger partial charge on any atom is 0.331 e. The zero-order chi connectivity index (χ0) is 21.1. The van der Waals surface area contributed by atoms with Crippen molar-refractivity contribution in [1.82, 2.24) is 19.3 Å². The topological polar surface area (TPSA) is 98.9 Å². The van der Waals surface area contributed by atoms with Crippen molar-refractivity contribution in [2.75, 3.05) is 5.32 Å². The van der Waals surface area contributed by atoms with Gasteiger partial charge in [-0.15, -0.1) is 10.2 Å². The second-order valence-electron chi connectivity index (χ2n) is 6.65. The Bertz CT molecular complexity index is 1320. The summed E-state index contributed by atoms with van der Waals surface area (Å²) in [5.41, 5.74) is 0.656. The number of benzene rings is 2. The summed E-state index contributed by atoms with van der Waals surface area (Å²) in [5.74, 6) is -0.411. The molecule has 0 radical (unpaired) electrons. The van der Waals surface area contributed by atoms with Gasteiger partial charge in [-0.1, -0.05) is 53.8 Å². The molecule has 0 fully saturated rings. The van der Waals surface area contributed by atoms with E-state index in [1.807, 2.05) is 30.3 Å². The number of anilines is 1. The summed E-state index contributed by atoms with van der Waals surface area (Å²) in [6.07, 6.45) is 0.625. The highest BCUT2D eigenvalue weighted by Crippen LogP contribution is 2.18. The van der Waals surface area contributed by atoms with Gasteiger partial charge in [0.1, 0.15) is 11.6 Å². The molecule has 8 nitrogen and oxygen atoms in total. The number of aromatic nitrogens is 4. The van der Waals surface area contributed by atoms with E-state index in [0.717, 1.165) is 15.1 Å². The van der Waals surface area contributed by atoms with Crippen molar-refractivity contribution in [3.8, 4) is 0 Å². The number of amides is 1. The number of hydrogen-bond donors (Lipinski definition) is 1. The van der Waals surface area contributed by atoms with Crippen LogP contribution in [0, 0.1) is 0 Å². The largest absolute Gasteiger partial charge is 0.331 e. The van der Waals surface area contributed by atoms with Crippen molar-refractivity contribution in [2.24, 2.45) is 0 Å². The summed E-state index contributed by atoms with van der Waals surface area (Å²) in [6.45, 7) is 1.72. The minimum absolute atomic E-state index is 0.226. The maximum atomic E-state index is 12.8. The summed E-state index contributed by atoms with van der Waals surface area (Å²) >= 11 is 1.29. The van der Waals surface area contributed by atoms with E-state index in [2.05, 4.69) is 15.5 Å². The first-order chi connectivity index (χ1) is 14.6. The second-order valence-corrected chi connectivity index (χ2v) is 7.71. The Labute approximate surface area is 175 Å². The Morgan fingerprint density at radius 2 is 1.73 bits per heavy atom. The second kappa shape index (κ2) is 8.42. The SMILES string of the molecule is CCn1c(=O)c2ccccc2n(CC(=O)Nc2nnc(Cc3ccccc3)s2)c1=O. The Hall–Kier alpha value is -3.59. The van der Waals surface area contributed by atoms with Gasteiger partial charge in [-0.25, -0.2) is 4.79 Å². The van der Waals surface area contributed by atoms with Crippen LogP contribution in [0.4, 0.5) is 5.13 Å². The highest BCUT2D eigenvalue weighted by atomic mass is 32.1. The molecular formula is C21H19N5O3S. The molecule has 2 aromatic heterocycles. The van der Waals surface area contributed by atoms with E-state index in [9.17, 15) is 14.4 Å². The minimum atomic E-state index is -0.515. The molecule has 2 aromatic carbocycles. The highest BCUT2D eigenvalue weighted by Gasteiger charge is 2.15. The van der Waals surface area contributed by atoms with Crippen LogP contribution < -0.4 is 16.6 Å². The molecule has 0 aliphatic rings. The lowest BCUT2D eigenvalue weighted by Crippen LogP contribution is -2.41. The fraction of sp³-hybridized carbons (Fsp3) is 0.190. The molecule has 0 aliphatic heterocycles. The summed E-state index contributed by atoms with van der Waals surface area (Å²) < 4.78 is 2.43. The first-order valence-corrected chi connectivity index (χ1v) is 10.3. The van der Waals surface area contributed by atoms with E-state index in [0.29, 0.717) is 22.5 Å². The van der Waals surface area contributed by atoms with Crippen molar-refractivity contribution < 1.29 is 4.79 Å². The van der Waals surface area contributed by atoms with Gasteiger partial charge in [0.15, 0.2) is 0 Å². The number of fused-ring (bicyclic) bond motifs is 1. The first-order valence-electron chi connectivity index (χ1n) is 9.45. The molecule has 0 spiro atoms. The van der Waals surface area contributed by atoms with Crippen LogP contribution in [0.5, 0.6) is 0 Å². The number of nitrogens with one attached hydrogen (secondary N) is 1. The molecule has 0 bridgehead atoms. The predicted octanol–water partition coefficient (Wildman–Crippen LogP) is 2.26. The molecule has 9 heteroatoms. The molecule has 0 atom stereocenters. The fourth-order valence-electron chi connectivity index (χ4n) is 3.25. The molecule has 0 aliphatic carbocycles. The van der Waals surface area contributed by atoms with Crippen LogP contribution in [-0.2, 0) is 24.3 Å². The van der Waals surface area contributed by atoms with E-state index < -0.39 is 11.6 Å². The normalized spacial score (nSPS) is 11.0. The lowest BCUT2D eigenvalue weighted by atomic mass is 10.2. The van der Waals surface area contributed by atoms with Gasteiger partial charge in [-0.3, -0.25) is 24.0 Å². The standard InChI is InChI=1S/C21H19N5O3S/c1-2-25-19(28)15-10-6-7-11-16(15)26(21(25)29)13-17(27)22-20-24-23-18(30-20)12-14-8-4-3-5-9-14/h3-11H,2,12-13H2,1H3,(H,22,24,27). The van der Waals surface area contributed by atoms with Gasteiger partial charge in [0.25, 0.3) is 5.56 Å². The molecule has 30 heavy (non-hydrogen) atoms. The molecule has 4 rings (SSSR count). The van der Waals surface area contributed by atoms with Gasteiger partial charge in [0, 0.05) is 13.0 Å². The average molecular weight is 421 g/mol. The third-order valence-corrected chi connectivity index (χ3v) is 5.50. The van der Waals surface area contributed by atoms with Crippen LogP contribution in [0.25, 0.3) is 10.9 Å². The fourth-order valence-corrected chi connectivity index (χ4v) is 4.04. The summed E-state index contributed by atoms with van der Waals surface area (Å²) in [5, 5.41) is 12.4. The quantitative estimate of drug-likeness (QED) is 0.515. The number of nitrogens with zero attached hydrogens (tertiary/aromatic N) is 4. The highest BCUT2D eigenvalue weighted by molar-refractivity contribution is 7.15. The van der Waals surface area contributed by atoms with E-state index in [1.54, 1.807) is 31.2 Å². The Kier molecular flexibility index (Phi) is 5.53. The molecule has 2 heterocycles. The Morgan fingerprint density at radius 1 is 1.00 bits per heavy atom. The summed E-state index contributed by atoms with van der Waals surface area (Å²) in [4.78, 5) is 37.9. The third kappa shape index (κ3) is 3.92. The predicted molar refractivity (Wildman–Crippen MR) is 116 cm³/mol. The summed E-state index contributed by atoms with van der Waals surface area (Å²) in [6, 6.07) is 16.6. The van der Waals surface area contributed by atoms with Gasteiger partial charge in [-0.05, 0) is 24.6 Å². The Balaban J connectivity index is 1.56. The summed E-state index contributed by atoms with van der Waals surface area (Å²) in [7, 11) is 0. The van der Waals surface area contributed by atoms with Crippen LogP contribution in [-0.4, -0.2) is 25.2 Å². The van der Waals surface area contributed by atoms with Gasteiger partial charge in [-0.2, -0.15) is 0 Å². The average Bonchev–Trinajstić information content (AvgIpc) is 3.19. The smallest absolute Gasteiger partial charge is 0.299 e. The monoisotopic (exact) mass is 421 g/mol. The number of para-hydroxylation sites is 1. The minimum Gasteiger partial charge on any atom is -0.299 e. The van der Waals surface area contributed by atoms with E-state index in [4.69, 9.17) is 0 Å². The maximum absolute atomic E-state index is 12.8. The molecule has 0 unspecified atom stereocenters. The van der Waals surface area contributed by atoms with Crippen molar-refractivity contribution in [1.29, 1.82) is 0 Å². The van der Waals surface area contributed by atoms with Gasteiger partial charge >= 0.3 is 5.69 Å². The van der Waals surface area contributed by atoms with Crippen molar-refractivity contribution >= 4 is 33.3 Å². The molecule has 4 aromatic rings. The lowest BCUT2D eigenvalue weighted by Gasteiger charge is -2.12. The van der Waals surface area contributed by atoms with Crippen LogP contribution in [0.1, 0.15) is 17.5 Å². The van der Waals surface area contributed by atoms with Crippen LogP contribution in [0.15, 0.2) is 64.2 Å². The van der Waals surface area contributed by atoms with Crippen molar-refractivity contribution in [3.05, 3.63) is 86.0 Å². The Morgan fingerprint density at radius 3 is 2.50 bits per heavy atom. The van der Waals surface area contributed by atoms with Gasteiger partial charge < -0.3 is 0 Å². The van der Waals surface area contributed by atoms with E-state index in [1.165, 1.54) is 15.9 Å². The van der Waals surface area contributed by atoms with Crippen LogP contribution >= 0.6 is 11.3 Å². The number of hydrogen-bond acceptors (Lipinski definition) is 6. The van der Waals surface area contributed by atoms with E-state index >= 15 is 0 Å². The van der Waals surface area contributed by atoms with E-state index in [-0.39, 0.29) is 18.6 Å². The van der Waals surface area contributed by atoms with Crippen molar-refractivity contribution in [2.45, 2.75) is 26.4 Å². The molecule has 1 N–H and O–H groups in total. The molecule has 0 saturated heterocycles. The van der Waals surface area contributed by atoms with Gasteiger partial charge in [0.05, 0.1) is 10.9 Å². The van der Waals surface area contributed by atoms with Gasteiger partial charge in [0.2, 0.25) is 11.0 Å². The molecule has 1 amide bonds. The first kappa shape index (κ1) is 19.7. The zero-order valence-electron chi connectivity index (χ0n) is 16.2. The third-order valence-electron chi connectivity index (χ3n) is 4.66. The molecule has 152 valence electrons. The van der Waals surface area contributed by atoms with Crippen LogP contribution in [0.3, 0.4) is 0 Å². The number of carbonyl (C=O) groups is 1. The van der Waals surface area contributed by atoms with Crippen molar-refractivity contribution in [3.63, 3.8) is 0 Å². The lowest BCUT2D eigenvalue weighted by molar-refractivity contribution is -0.116.